The summed E-state index contributed by atoms with van der Waals surface area (Å²) in [5, 5.41) is 0.977. The standard InChI is InChI=1S/C17H21NO2/c1-3-4-5-6-7-15-10-8-13-12-14(17(19)20-2)9-11-16(13)18-15/h8-12H,3-7H2,1-2H3. The van der Waals surface area contributed by atoms with Crippen LogP contribution in [-0.4, -0.2) is 18.1 Å². The Hall–Kier alpha value is -1.90. The number of rotatable bonds is 6. The van der Waals surface area contributed by atoms with E-state index in [9.17, 15) is 4.79 Å². The average molecular weight is 271 g/mol. The van der Waals surface area contributed by atoms with Crippen molar-refractivity contribution in [3.63, 3.8) is 0 Å². The van der Waals surface area contributed by atoms with Gasteiger partial charge in [-0.3, -0.25) is 4.98 Å². The fraction of sp³-hybridized carbons (Fsp3) is 0.412. The van der Waals surface area contributed by atoms with Gasteiger partial charge in [0.25, 0.3) is 0 Å². The number of aromatic nitrogens is 1. The van der Waals surface area contributed by atoms with Gasteiger partial charge in [-0.1, -0.05) is 32.3 Å². The van der Waals surface area contributed by atoms with Gasteiger partial charge in [0, 0.05) is 11.1 Å². The van der Waals surface area contributed by atoms with Gasteiger partial charge in [0.2, 0.25) is 0 Å². The highest BCUT2D eigenvalue weighted by molar-refractivity contribution is 5.94. The monoisotopic (exact) mass is 271 g/mol. The molecule has 0 amide bonds. The zero-order valence-electron chi connectivity index (χ0n) is 12.2. The Morgan fingerprint density at radius 3 is 2.75 bits per heavy atom. The maximum Gasteiger partial charge on any atom is 0.337 e. The number of carbonyl (C=O) groups excluding carboxylic acids is 1. The SMILES string of the molecule is CCCCCCc1ccc2cc(C(=O)OC)ccc2n1. The van der Waals surface area contributed by atoms with Gasteiger partial charge >= 0.3 is 5.97 Å². The van der Waals surface area contributed by atoms with Crippen LogP contribution >= 0.6 is 0 Å². The molecule has 0 atom stereocenters. The predicted molar refractivity (Wildman–Crippen MR) is 80.9 cm³/mol. The van der Waals surface area contributed by atoms with E-state index in [1.165, 1.54) is 32.8 Å². The third-order valence-corrected chi connectivity index (χ3v) is 3.45. The van der Waals surface area contributed by atoms with Crippen LogP contribution in [0.4, 0.5) is 0 Å². The molecule has 3 heteroatoms. The van der Waals surface area contributed by atoms with E-state index in [0.717, 1.165) is 23.0 Å². The van der Waals surface area contributed by atoms with Gasteiger partial charge in [-0.2, -0.15) is 0 Å². The topological polar surface area (TPSA) is 39.2 Å². The summed E-state index contributed by atoms with van der Waals surface area (Å²) in [6, 6.07) is 9.56. The largest absolute Gasteiger partial charge is 0.465 e. The fourth-order valence-corrected chi connectivity index (χ4v) is 2.28. The van der Waals surface area contributed by atoms with Crippen LogP contribution < -0.4 is 0 Å². The van der Waals surface area contributed by atoms with Crippen molar-refractivity contribution >= 4 is 16.9 Å². The van der Waals surface area contributed by atoms with Crippen LogP contribution in [0.2, 0.25) is 0 Å². The zero-order valence-corrected chi connectivity index (χ0v) is 12.2. The van der Waals surface area contributed by atoms with E-state index in [2.05, 4.69) is 18.0 Å². The van der Waals surface area contributed by atoms with Crippen molar-refractivity contribution < 1.29 is 9.53 Å². The van der Waals surface area contributed by atoms with Crippen molar-refractivity contribution in [2.75, 3.05) is 7.11 Å². The fourth-order valence-electron chi connectivity index (χ4n) is 2.28. The van der Waals surface area contributed by atoms with E-state index >= 15 is 0 Å². The Bertz CT molecular complexity index is 593. The van der Waals surface area contributed by atoms with Gasteiger partial charge in [-0.15, -0.1) is 0 Å². The highest BCUT2D eigenvalue weighted by atomic mass is 16.5. The Balaban J connectivity index is 2.12. The van der Waals surface area contributed by atoms with Crippen molar-refractivity contribution in [3.05, 3.63) is 41.6 Å². The molecule has 0 aliphatic carbocycles. The second-order valence-electron chi connectivity index (χ2n) is 5.01. The van der Waals surface area contributed by atoms with Crippen molar-refractivity contribution in [1.82, 2.24) is 4.98 Å². The number of benzene rings is 1. The summed E-state index contributed by atoms with van der Waals surface area (Å²) in [6.07, 6.45) is 6.01. The molecule has 3 nitrogen and oxygen atoms in total. The van der Waals surface area contributed by atoms with Gasteiger partial charge < -0.3 is 4.74 Å². The second-order valence-corrected chi connectivity index (χ2v) is 5.01. The van der Waals surface area contributed by atoms with Crippen LogP contribution in [0.5, 0.6) is 0 Å². The number of fused-ring (bicyclic) bond motifs is 1. The van der Waals surface area contributed by atoms with Gasteiger partial charge in [0.05, 0.1) is 18.2 Å². The minimum atomic E-state index is -0.310. The Kier molecular flexibility index (Phi) is 5.10. The Morgan fingerprint density at radius 2 is 2.00 bits per heavy atom. The first-order valence-electron chi connectivity index (χ1n) is 7.22. The Morgan fingerprint density at radius 1 is 1.15 bits per heavy atom. The molecule has 0 aliphatic rings. The molecule has 0 aliphatic heterocycles. The first-order valence-corrected chi connectivity index (χ1v) is 7.22. The van der Waals surface area contributed by atoms with Crippen LogP contribution in [0, 0.1) is 0 Å². The number of esters is 1. The van der Waals surface area contributed by atoms with Crippen molar-refractivity contribution in [2.24, 2.45) is 0 Å². The molecule has 1 heterocycles. The number of pyridine rings is 1. The molecule has 106 valence electrons. The molecule has 20 heavy (non-hydrogen) atoms. The number of hydrogen-bond donors (Lipinski definition) is 0. The minimum Gasteiger partial charge on any atom is -0.465 e. The van der Waals surface area contributed by atoms with E-state index in [1.807, 2.05) is 18.2 Å². The molecule has 1 aromatic carbocycles. The quantitative estimate of drug-likeness (QED) is 0.585. The maximum atomic E-state index is 11.5. The molecule has 1 aromatic heterocycles. The van der Waals surface area contributed by atoms with Gasteiger partial charge in [-0.25, -0.2) is 4.79 Å². The number of hydrogen-bond acceptors (Lipinski definition) is 3. The van der Waals surface area contributed by atoms with E-state index < -0.39 is 0 Å². The van der Waals surface area contributed by atoms with Gasteiger partial charge in [-0.05, 0) is 37.1 Å². The summed E-state index contributed by atoms with van der Waals surface area (Å²) in [5.74, 6) is -0.310. The number of ether oxygens (including phenoxy) is 1. The molecule has 0 radical (unpaired) electrons. The first-order chi connectivity index (χ1) is 9.74. The number of unbranched alkanes of at least 4 members (excludes halogenated alkanes) is 3. The van der Waals surface area contributed by atoms with E-state index in [1.54, 1.807) is 6.07 Å². The third-order valence-electron chi connectivity index (χ3n) is 3.45. The summed E-state index contributed by atoms with van der Waals surface area (Å²) in [5.41, 5.74) is 2.63. The molecule has 0 spiro atoms. The lowest BCUT2D eigenvalue weighted by Gasteiger charge is -2.05. The molecule has 2 rings (SSSR count). The summed E-state index contributed by atoms with van der Waals surface area (Å²) in [4.78, 5) is 16.1. The third kappa shape index (κ3) is 3.56. The number of carbonyl (C=O) groups is 1. The normalized spacial score (nSPS) is 10.7. The number of aryl methyl sites for hydroxylation is 1. The van der Waals surface area contributed by atoms with E-state index in [-0.39, 0.29) is 5.97 Å². The molecular weight excluding hydrogens is 250 g/mol. The second kappa shape index (κ2) is 7.04. The molecule has 0 saturated heterocycles. The molecule has 0 bridgehead atoms. The highest BCUT2D eigenvalue weighted by Crippen LogP contribution is 2.17. The molecular formula is C17H21NO2. The lowest BCUT2D eigenvalue weighted by molar-refractivity contribution is 0.0601. The summed E-state index contributed by atoms with van der Waals surface area (Å²) in [6.45, 7) is 2.22. The van der Waals surface area contributed by atoms with Gasteiger partial charge in [0.15, 0.2) is 0 Å². The number of nitrogens with zero attached hydrogens (tertiary/aromatic N) is 1. The Labute approximate surface area is 120 Å². The summed E-state index contributed by atoms with van der Waals surface area (Å²) in [7, 11) is 1.39. The molecule has 0 fully saturated rings. The first kappa shape index (κ1) is 14.5. The average Bonchev–Trinajstić information content (AvgIpc) is 2.50. The summed E-state index contributed by atoms with van der Waals surface area (Å²) < 4.78 is 4.73. The highest BCUT2D eigenvalue weighted by Gasteiger charge is 2.06. The molecule has 0 N–H and O–H groups in total. The lowest BCUT2D eigenvalue weighted by atomic mass is 10.1. The van der Waals surface area contributed by atoms with E-state index in [0.29, 0.717) is 5.56 Å². The van der Waals surface area contributed by atoms with Crippen LogP contribution in [0.15, 0.2) is 30.3 Å². The minimum absolute atomic E-state index is 0.310. The number of methoxy groups -OCH3 is 1. The van der Waals surface area contributed by atoms with E-state index in [4.69, 9.17) is 4.74 Å². The van der Waals surface area contributed by atoms with Crippen LogP contribution in [0.1, 0.15) is 48.7 Å². The zero-order chi connectivity index (χ0) is 14.4. The van der Waals surface area contributed by atoms with Crippen molar-refractivity contribution in [2.45, 2.75) is 39.0 Å². The summed E-state index contributed by atoms with van der Waals surface area (Å²) >= 11 is 0. The maximum absolute atomic E-state index is 11.5. The van der Waals surface area contributed by atoms with Crippen LogP contribution in [0.3, 0.4) is 0 Å². The van der Waals surface area contributed by atoms with Crippen LogP contribution in [-0.2, 0) is 11.2 Å². The molecule has 0 unspecified atom stereocenters. The van der Waals surface area contributed by atoms with Crippen molar-refractivity contribution in [3.8, 4) is 0 Å². The molecule has 0 saturated carbocycles. The lowest BCUT2D eigenvalue weighted by Crippen LogP contribution is -2.01. The van der Waals surface area contributed by atoms with Crippen molar-refractivity contribution in [1.29, 1.82) is 0 Å². The van der Waals surface area contributed by atoms with Gasteiger partial charge in [0.1, 0.15) is 0 Å². The smallest absolute Gasteiger partial charge is 0.337 e. The van der Waals surface area contributed by atoms with Crippen LogP contribution in [0.25, 0.3) is 10.9 Å². The molecule has 2 aromatic rings. The predicted octanol–water partition coefficient (Wildman–Crippen LogP) is 4.14.